The SMILES string of the molecule is CC.CC1=CCC[C@H]2C(C)(C)[C@@H](C)CC[C@@]12C. The van der Waals surface area contributed by atoms with Crippen molar-refractivity contribution in [2.75, 3.05) is 0 Å². The van der Waals surface area contributed by atoms with Gasteiger partial charge in [-0.2, -0.15) is 0 Å². The summed E-state index contributed by atoms with van der Waals surface area (Å²) in [7, 11) is 0. The Kier molecular flexibility index (Phi) is 4.49. The Balaban J connectivity index is 0.000000686. The van der Waals surface area contributed by atoms with Crippen LogP contribution in [0, 0.1) is 22.7 Å². The van der Waals surface area contributed by atoms with E-state index >= 15 is 0 Å². The summed E-state index contributed by atoms with van der Waals surface area (Å²) >= 11 is 0. The summed E-state index contributed by atoms with van der Waals surface area (Å²) in [5, 5.41) is 0. The second kappa shape index (κ2) is 5.16. The molecule has 3 atom stereocenters. The quantitative estimate of drug-likeness (QED) is 0.464. The molecule has 0 aromatic carbocycles. The van der Waals surface area contributed by atoms with Crippen LogP contribution >= 0.6 is 0 Å². The van der Waals surface area contributed by atoms with E-state index in [9.17, 15) is 0 Å². The fraction of sp³-hybridized carbons (Fsp3) is 0.882. The van der Waals surface area contributed by atoms with Crippen LogP contribution in [-0.2, 0) is 0 Å². The molecule has 2 rings (SSSR count). The van der Waals surface area contributed by atoms with Gasteiger partial charge in [-0.25, -0.2) is 0 Å². The minimum Gasteiger partial charge on any atom is -0.0850 e. The number of rotatable bonds is 0. The van der Waals surface area contributed by atoms with Gasteiger partial charge in [-0.05, 0) is 55.3 Å². The van der Waals surface area contributed by atoms with E-state index in [4.69, 9.17) is 0 Å². The van der Waals surface area contributed by atoms with Crippen LogP contribution in [0.3, 0.4) is 0 Å². The van der Waals surface area contributed by atoms with Crippen LogP contribution in [0.4, 0.5) is 0 Å². The maximum atomic E-state index is 2.51. The topological polar surface area (TPSA) is 0 Å². The molecule has 0 unspecified atom stereocenters. The summed E-state index contributed by atoms with van der Waals surface area (Å²) < 4.78 is 0. The standard InChI is InChI=1S/C15H26.C2H6/c1-11-9-10-15(5)12(2)7-6-8-13(15)14(11,3)4;1-2/h7,11,13H,6,8-10H2,1-5H3;1-2H3/t11-,13-,15-;/m0./s1. The summed E-state index contributed by atoms with van der Waals surface area (Å²) in [6.45, 7) is 16.3. The smallest absolute Gasteiger partial charge is 0.00855 e. The van der Waals surface area contributed by atoms with Gasteiger partial charge in [0.25, 0.3) is 0 Å². The monoisotopic (exact) mass is 236 g/mol. The highest BCUT2D eigenvalue weighted by molar-refractivity contribution is 5.20. The summed E-state index contributed by atoms with van der Waals surface area (Å²) in [6.07, 6.45) is 8.02. The maximum absolute atomic E-state index is 2.51. The highest BCUT2D eigenvalue weighted by Gasteiger charge is 2.50. The molecule has 0 radical (unpaired) electrons. The third-order valence-corrected chi connectivity index (χ3v) is 5.84. The van der Waals surface area contributed by atoms with Crippen molar-refractivity contribution in [1.29, 1.82) is 0 Å². The first-order valence-corrected chi connectivity index (χ1v) is 7.56. The Labute approximate surface area is 109 Å². The summed E-state index contributed by atoms with van der Waals surface area (Å²) in [5.74, 6) is 1.79. The minimum atomic E-state index is 0.508. The second-order valence-corrected chi connectivity index (χ2v) is 6.70. The van der Waals surface area contributed by atoms with E-state index < -0.39 is 0 Å². The van der Waals surface area contributed by atoms with Gasteiger partial charge < -0.3 is 0 Å². The van der Waals surface area contributed by atoms with Crippen molar-refractivity contribution in [3.63, 3.8) is 0 Å². The predicted octanol–water partition coefficient (Wildman–Crippen LogP) is 5.83. The van der Waals surface area contributed by atoms with E-state index in [2.05, 4.69) is 40.7 Å². The molecular formula is C17H32. The van der Waals surface area contributed by atoms with Crippen molar-refractivity contribution in [3.05, 3.63) is 11.6 Å². The van der Waals surface area contributed by atoms with E-state index in [1.54, 1.807) is 5.57 Å². The lowest BCUT2D eigenvalue weighted by molar-refractivity contribution is -0.0277. The van der Waals surface area contributed by atoms with Gasteiger partial charge >= 0.3 is 0 Å². The molecule has 17 heavy (non-hydrogen) atoms. The molecule has 0 bridgehead atoms. The molecule has 0 amide bonds. The molecule has 0 aliphatic heterocycles. The molecule has 0 nitrogen and oxygen atoms in total. The summed E-state index contributed by atoms with van der Waals surface area (Å²) in [6, 6.07) is 0. The van der Waals surface area contributed by atoms with Gasteiger partial charge in [0.05, 0.1) is 0 Å². The maximum Gasteiger partial charge on any atom is -0.00855 e. The average molecular weight is 236 g/mol. The van der Waals surface area contributed by atoms with E-state index in [0.717, 1.165) is 11.8 Å². The number of allylic oxidation sites excluding steroid dienone is 2. The number of hydrogen-bond acceptors (Lipinski definition) is 0. The highest BCUT2D eigenvalue weighted by atomic mass is 14.5. The molecule has 0 heterocycles. The lowest BCUT2D eigenvalue weighted by Gasteiger charge is -2.56. The lowest BCUT2D eigenvalue weighted by Crippen LogP contribution is -2.48. The Bertz CT molecular complexity index is 284. The fourth-order valence-corrected chi connectivity index (χ4v) is 4.09. The van der Waals surface area contributed by atoms with E-state index in [-0.39, 0.29) is 0 Å². The minimum absolute atomic E-state index is 0.508. The molecule has 0 aromatic heterocycles. The van der Waals surface area contributed by atoms with Crippen LogP contribution in [0.2, 0.25) is 0 Å². The van der Waals surface area contributed by atoms with Crippen molar-refractivity contribution < 1.29 is 0 Å². The second-order valence-electron chi connectivity index (χ2n) is 6.70. The molecule has 100 valence electrons. The Morgan fingerprint density at radius 1 is 1.12 bits per heavy atom. The highest BCUT2D eigenvalue weighted by Crippen LogP contribution is 2.59. The van der Waals surface area contributed by atoms with Gasteiger partial charge in [0.1, 0.15) is 0 Å². The molecule has 2 aliphatic rings. The third kappa shape index (κ3) is 2.33. The first-order valence-electron chi connectivity index (χ1n) is 7.56. The molecule has 0 heteroatoms. The van der Waals surface area contributed by atoms with Gasteiger partial charge in [-0.3, -0.25) is 0 Å². The normalized spacial score (nSPS) is 39.6. The molecule has 0 spiro atoms. The van der Waals surface area contributed by atoms with Crippen LogP contribution in [0.25, 0.3) is 0 Å². The third-order valence-electron chi connectivity index (χ3n) is 5.84. The predicted molar refractivity (Wildman–Crippen MR) is 78.1 cm³/mol. The van der Waals surface area contributed by atoms with E-state index in [1.165, 1.54) is 25.7 Å². The van der Waals surface area contributed by atoms with Gasteiger partial charge in [0, 0.05) is 0 Å². The van der Waals surface area contributed by atoms with Gasteiger partial charge in [-0.1, -0.05) is 53.2 Å². The van der Waals surface area contributed by atoms with Crippen molar-refractivity contribution in [1.82, 2.24) is 0 Å². The summed E-state index contributed by atoms with van der Waals surface area (Å²) in [5.41, 5.74) is 2.70. The zero-order valence-electron chi connectivity index (χ0n) is 13.1. The van der Waals surface area contributed by atoms with Crippen molar-refractivity contribution in [3.8, 4) is 0 Å². The molecule has 0 aromatic rings. The Hall–Kier alpha value is -0.260. The van der Waals surface area contributed by atoms with Crippen LogP contribution in [0.1, 0.15) is 74.1 Å². The van der Waals surface area contributed by atoms with Gasteiger partial charge in [0.2, 0.25) is 0 Å². The van der Waals surface area contributed by atoms with E-state index in [1.807, 2.05) is 13.8 Å². The Morgan fingerprint density at radius 2 is 1.71 bits per heavy atom. The van der Waals surface area contributed by atoms with Crippen LogP contribution in [0.5, 0.6) is 0 Å². The molecule has 0 N–H and O–H groups in total. The zero-order chi connectivity index (χ0) is 13.3. The molecule has 1 fully saturated rings. The lowest BCUT2D eigenvalue weighted by atomic mass is 9.48. The van der Waals surface area contributed by atoms with Crippen LogP contribution in [-0.4, -0.2) is 0 Å². The first-order chi connectivity index (χ1) is 7.89. The van der Waals surface area contributed by atoms with Crippen LogP contribution in [0.15, 0.2) is 11.6 Å². The fourth-order valence-electron chi connectivity index (χ4n) is 4.09. The molecule has 2 aliphatic carbocycles. The van der Waals surface area contributed by atoms with Crippen molar-refractivity contribution in [2.45, 2.75) is 74.1 Å². The zero-order valence-corrected chi connectivity index (χ0v) is 13.1. The van der Waals surface area contributed by atoms with E-state index in [0.29, 0.717) is 10.8 Å². The van der Waals surface area contributed by atoms with Crippen molar-refractivity contribution in [2.24, 2.45) is 22.7 Å². The van der Waals surface area contributed by atoms with Gasteiger partial charge in [-0.15, -0.1) is 0 Å². The molecule has 1 saturated carbocycles. The van der Waals surface area contributed by atoms with Crippen molar-refractivity contribution >= 4 is 0 Å². The number of fused-ring (bicyclic) bond motifs is 1. The summed E-state index contributed by atoms with van der Waals surface area (Å²) in [4.78, 5) is 0. The van der Waals surface area contributed by atoms with Gasteiger partial charge in [0.15, 0.2) is 0 Å². The Morgan fingerprint density at radius 3 is 2.29 bits per heavy atom. The number of hydrogen-bond donors (Lipinski definition) is 0. The molecular weight excluding hydrogens is 204 g/mol. The molecule has 0 saturated heterocycles. The largest absolute Gasteiger partial charge is 0.0850 e. The average Bonchev–Trinajstić information content (AvgIpc) is 2.30. The first kappa shape index (κ1) is 14.8. The van der Waals surface area contributed by atoms with Crippen LogP contribution < -0.4 is 0 Å².